The summed E-state index contributed by atoms with van der Waals surface area (Å²) in [7, 11) is 1.68. The lowest BCUT2D eigenvalue weighted by Gasteiger charge is -2.22. The Kier molecular flexibility index (Phi) is 4.97. The summed E-state index contributed by atoms with van der Waals surface area (Å²) in [6.45, 7) is 4.55. The summed E-state index contributed by atoms with van der Waals surface area (Å²) >= 11 is 0. The molecule has 3 N–H and O–H groups in total. The zero-order chi connectivity index (χ0) is 13.6. The number of rotatable bonds is 6. The SMILES string of the molecule is COC(C)(C)CCOc1cccc(/C(N)=N/O)c1. The number of nitrogens with two attached hydrogens (primary N) is 1. The van der Waals surface area contributed by atoms with E-state index >= 15 is 0 Å². The molecule has 0 unspecified atom stereocenters. The molecule has 1 aromatic carbocycles. The average molecular weight is 252 g/mol. The standard InChI is InChI=1S/C13H20N2O3/c1-13(2,17-3)7-8-18-11-6-4-5-10(9-11)12(14)15-16/h4-6,9,16H,7-8H2,1-3H3,(H2,14,15). The van der Waals surface area contributed by atoms with Crippen LogP contribution < -0.4 is 10.5 Å². The van der Waals surface area contributed by atoms with Crippen LogP contribution in [0.2, 0.25) is 0 Å². The molecule has 5 nitrogen and oxygen atoms in total. The second-order valence-electron chi connectivity index (χ2n) is 4.58. The highest BCUT2D eigenvalue weighted by Gasteiger charge is 2.15. The van der Waals surface area contributed by atoms with Gasteiger partial charge in [-0.05, 0) is 26.0 Å². The van der Waals surface area contributed by atoms with Gasteiger partial charge < -0.3 is 20.4 Å². The number of ether oxygens (including phenoxy) is 2. The van der Waals surface area contributed by atoms with E-state index in [4.69, 9.17) is 20.4 Å². The predicted octanol–water partition coefficient (Wildman–Crippen LogP) is 1.97. The predicted molar refractivity (Wildman–Crippen MR) is 70.2 cm³/mol. The van der Waals surface area contributed by atoms with Crippen molar-refractivity contribution < 1.29 is 14.7 Å². The van der Waals surface area contributed by atoms with E-state index in [-0.39, 0.29) is 11.4 Å². The maximum Gasteiger partial charge on any atom is 0.170 e. The Hall–Kier alpha value is -1.75. The molecule has 0 bridgehead atoms. The van der Waals surface area contributed by atoms with Gasteiger partial charge in [-0.2, -0.15) is 0 Å². The van der Waals surface area contributed by atoms with E-state index in [1.165, 1.54) is 0 Å². The molecule has 0 aliphatic heterocycles. The van der Waals surface area contributed by atoms with Gasteiger partial charge in [0.1, 0.15) is 5.75 Å². The van der Waals surface area contributed by atoms with Gasteiger partial charge >= 0.3 is 0 Å². The average Bonchev–Trinajstić information content (AvgIpc) is 2.38. The van der Waals surface area contributed by atoms with Gasteiger partial charge in [-0.15, -0.1) is 0 Å². The lowest BCUT2D eigenvalue weighted by atomic mass is 10.1. The molecule has 0 atom stereocenters. The van der Waals surface area contributed by atoms with Gasteiger partial charge in [0.15, 0.2) is 5.84 Å². The molecule has 0 amide bonds. The molecule has 0 radical (unpaired) electrons. The molecule has 1 aromatic rings. The molecule has 0 spiro atoms. The Labute approximate surface area is 107 Å². The van der Waals surface area contributed by atoms with Gasteiger partial charge in [0, 0.05) is 19.1 Å². The first kappa shape index (κ1) is 14.3. The van der Waals surface area contributed by atoms with E-state index in [2.05, 4.69) is 5.16 Å². The second kappa shape index (κ2) is 6.26. The van der Waals surface area contributed by atoms with Gasteiger partial charge in [-0.1, -0.05) is 17.3 Å². The number of hydrogen-bond donors (Lipinski definition) is 2. The third-order valence-electron chi connectivity index (χ3n) is 2.76. The van der Waals surface area contributed by atoms with Crippen LogP contribution in [0.25, 0.3) is 0 Å². The highest BCUT2D eigenvalue weighted by Crippen LogP contribution is 2.17. The first-order valence-corrected chi connectivity index (χ1v) is 5.74. The van der Waals surface area contributed by atoms with Crippen LogP contribution in [0.5, 0.6) is 5.75 Å². The largest absolute Gasteiger partial charge is 0.493 e. The van der Waals surface area contributed by atoms with Crippen molar-refractivity contribution in [2.45, 2.75) is 25.9 Å². The highest BCUT2D eigenvalue weighted by atomic mass is 16.5. The molecule has 0 fully saturated rings. The van der Waals surface area contributed by atoms with Crippen LogP contribution in [-0.4, -0.2) is 30.4 Å². The highest BCUT2D eigenvalue weighted by molar-refractivity contribution is 5.97. The Balaban J connectivity index is 2.58. The topological polar surface area (TPSA) is 77.1 Å². The van der Waals surface area contributed by atoms with E-state index in [1.807, 2.05) is 19.9 Å². The monoisotopic (exact) mass is 252 g/mol. The Morgan fingerprint density at radius 3 is 2.78 bits per heavy atom. The molecule has 1 rings (SSSR count). The third kappa shape index (κ3) is 4.25. The van der Waals surface area contributed by atoms with Crippen molar-refractivity contribution in [3.63, 3.8) is 0 Å². The molecule has 5 heteroatoms. The van der Waals surface area contributed by atoms with Gasteiger partial charge in [-0.3, -0.25) is 0 Å². The van der Waals surface area contributed by atoms with Crippen molar-refractivity contribution in [1.29, 1.82) is 0 Å². The minimum absolute atomic E-state index is 0.0673. The number of methoxy groups -OCH3 is 1. The zero-order valence-corrected chi connectivity index (χ0v) is 11.0. The maximum absolute atomic E-state index is 8.60. The van der Waals surface area contributed by atoms with Gasteiger partial charge in [0.25, 0.3) is 0 Å². The van der Waals surface area contributed by atoms with E-state index in [1.54, 1.807) is 25.3 Å². The molecular formula is C13H20N2O3. The summed E-state index contributed by atoms with van der Waals surface area (Å²) in [5.41, 5.74) is 5.93. The van der Waals surface area contributed by atoms with Crippen LogP contribution in [-0.2, 0) is 4.74 Å². The van der Waals surface area contributed by atoms with Crippen LogP contribution in [0, 0.1) is 0 Å². The Morgan fingerprint density at radius 2 is 2.17 bits per heavy atom. The molecule has 0 saturated heterocycles. The zero-order valence-electron chi connectivity index (χ0n) is 11.0. The summed E-state index contributed by atoms with van der Waals surface area (Å²) in [4.78, 5) is 0. The van der Waals surface area contributed by atoms with E-state index < -0.39 is 0 Å². The van der Waals surface area contributed by atoms with Crippen molar-refractivity contribution >= 4 is 5.84 Å². The van der Waals surface area contributed by atoms with Crippen molar-refractivity contribution in [2.24, 2.45) is 10.9 Å². The fourth-order valence-corrected chi connectivity index (χ4v) is 1.32. The van der Waals surface area contributed by atoms with Crippen molar-refractivity contribution in [3.05, 3.63) is 29.8 Å². The van der Waals surface area contributed by atoms with Crippen molar-refractivity contribution in [3.8, 4) is 5.75 Å². The number of nitrogens with zero attached hydrogens (tertiary/aromatic N) is 1. The van der Waals surface area contributed by atoms with Crippen LogP contribution in [0.15, 0.2) is 29.4 Å². The molecule has 0 heterocycles. The smallest absolute Gasteiger partial charge is 0.170 e. The maximum atomic E-state index is 8.60. The molecule has 0 aliphatic rings. The van der Waals surface area contributed by atoms with Crippen LogP contribution in [0.4, 0.5) is 0 Å². The van der Waals surface area contributed by atoms with Crippen LogP contribution in [0.3, 0.4) is 0 Å². The molecule has 0 aromatic heterocycles. The molecule has 0 saturated carbocycles. The van der Waals surface area contributed by atoms with Crippen molar-refractivity contribution in [2.75, 3.05) is 13.7 Å². The quantitative estimate of drug-likeness (QED) is 0.351. The summed E-state index contributed by atoms with van der Waals surface area (Å²) in [5, 5.41) is 11.6. The second-order valence-corrected chi connectivity index (χ2v) is 4.58. The fraction of sp³-hybridized carbons (Fsp3) is 0.462. The first-order chi connectivity index (χ1) is 8.48. The molecule has 100 valence electrons. The van der Waals surface area contributed by atoms with Crippen LogP contribution >= 0.6 is 0 Å². The lowest BCUT2D eigenvalue weighted by Crippen LogP contribution is -2.25. The van der Waals surface area contributed by atoms with Gasteiger partial charge in [-0.25, -0.2) is 0 Å². The molecule has 0 aliphatic carbocycles. The number of hydrogen-bond acceptors (Lipinski definition) is 4. The lowest BCUT2D eigenvalue weighted by molar-refractivity contribution is 0.00546. The van der Waals surface area contributed by atoms with E-state index in [0.717, 1.165) is 6.42 Å². The molecular weight excluding hydrogens is 232 g/mol. The third-order valence-corrected chi connectivity index (χ3v) is 2.76. The number of amidine groups is 1. The van der Waals surface area contributed by atoms with Crippen LogP contribution in [0.1, 0.15) is 25.8 Å². The number of benzene rings is 1. The summed E-state index contributed by atoms with van der Waals surface area (Å²) in [6, 6.07) is 7.11. The summed E-state index contributed by atoms with van der Waals surface area (Å²) < 4.78 is 10.9. The van der Waals surface area contributed by atoms with Gasteiger partial charge in [0.05, 0.1) is 12.2 Å². The van der Waals surface area contributed by atoms with Gasteiger partial charge in [0.2, 0.25) is 0 Å². The normalized spacial score (nSPS) is 12.5. The van der Waals surface area contributed by atoms with Crippen molar-refractivity contribution in [1.82, 2.24) is 0 Å². The molecule has 18 heavy (non-hydrogen) atoms. The minimum Gasteiger partial charge on any atom is -0.493 e. The first-order valence-electron chi connectivity index (χ1n) is 5.74. The Bertz CT molecular complexity index is 416. The number of oxime groups is 1. The fourth-order valence-electron chi connectivity index (χ4n) is 1.32. The Morgan fingerprint density at radius 1 is 1.44 bits per heavy atom. The van der Waals surface area contributed by atoms with E-state index in [9.17, 15) is 0 Å². The van der Waals surface area contributed by atoms with E-state index in [0.29, 0.717) is 17.9 Å². The minimum atomic E-state index is -0.205. The summed E-state index contributed by atoms with van der Waals surface area (Å²) in [5.74, 6) is 0.753. The summed E-state index contributed by atoms with van der Waals surface area (Å²) in [6.07, 6.45) is 0.775.